The zero-order valence-corrected chi connectivity index (χ0v) is 28.2. The van der Waals surface area contributed by atoms with Crippen LogP contribution in [0.4, 0.5) is 0 Å². The molecule has 3 nitrogen and oxygen atoms in total. The second-order valence-electron chi connectivity index (χ2n) is 16.9. The number of ether oxygens (including phenoxy) is 1. The number of carbonyl (C=O) groups is 1. The maximum atomic E-state index is 14.2. The second-order valence-corrected chi connectivity index (χ2v) is 17.9. The highest BCUT2D eigenvalue weighted by Gasteiger charge is 2.70. The topological polar surface area (TPSA) is 46.5 Å². The van der Waals surface area contributed by atoms with Crippen molar-refractivity contribution in [3.63, 3.8) is 0 Å². The molecule has 4 saturated carbocycles. The summed E-state index contributed by atoms with van der Waals surface area (Å²) in [5, 5.41) is 11.1. The van der Waals surface area contributed by atoms with Crippen LogP contribution in [0.25, 0.3) is 0 Å². The van der Waals surface area contributed by atoms with Gasteiger partial charge >= 0.3 is 5.97 Å². The number of aliphatic hydroxyl groups is 1. The van der Waals surface area contributed by atoms with Gasteiger partial charge in [0.1, 0.15) is 6.61 Å². The number of fused-ring (bicyclic) bond motifs is 7. The molecule has 41 heavy (non-hydrogen) atoms. The average molecular weight is 626 g/mol. The van der Waals surface area contributed by atoms with E-state index in [1.165, 1.54) is 17.3 Å². The molecular weight excluding hydrogens is 572 g/mol. The van der Waals surface area contributed by atoms with Crippen molar-refractivity contribution in [1.29, 1.82) is 0 Å². The molecule has 0 aromatic heterocycles. The first-order valence-electron chi connectivity index (χ1n) is 16.4. The van der Waals surface area contributed by atoms with Crippen LogP contribution in [0.2, 0.25) is 0 Å². The van der Waals surface area contributed by atoms with E-state index in [2.05, 4.69) is 64.4 Å². The van der Waals surface area contributed by atoms with E-state index in [0.717, 1.165) is 56.9 Å². The molecule has 0 amide bonds. The molecule has 1 aromatic rings. The van der Waals surface area contributed by atoms with Crippen molar-refractivity contribution in [2.24, 2.45) is 50.2 Å². The van der Waals surface area contributed by atoms with Crippen LogP contribution in [0.3, 0.4) is 0 Å². The normalized spacial score (nSPS) is 44.6. The zero-order chi connectivity index (χ0) is 29.6. The second kappa shape index (κ2) is 9.68. The standard InChI is InChI=1S/C37H53BrO3/c1-32(2)17-19-37(31(40)41-23-24-11-9-8-10-12-24)20-18-36(7)30(25(37)22-32)26(38)21-28-34(5)15-14-29(39)33(3,4)27(34)13-16-35(28,36)6/h8-12,25,27-29,39H,13-23H2,1-7H3/t25?,27?,28?,29-,34-,35+,36+,37-/m0/s1. The van der Waals surface area contributed by atoms with Crippen molar-refractivity contribution in [2.45, 2.75) is 125 Å². The van der Waals surface area contributed by atoms with Gasteiger partial charge in [-0.1, -0.05) is 94.7 Å². The van der Waals surface area contributed by atoms with E-state index in [-0.39, 0.29) is 45.1 Å². The molecule has 226 valence electrons. The fraction of sp³-hybridized carbons (Fsp3) is 0.757. The lowest BCUT2D eigenvalue weighted by molar-refractivity contribution is -0.207. The fourth-order valence-electron chi connectivity index (χ4n) is 11.5. The molecule has 0 radical (unpaired) electrons. The summed E-state index contributed by atoms with van der Waals surface area (Å²) < 4.78 is 7.58. The highest BCUT2D eigenvalue weighted by atomic mass is 79.9. The molecule has 0 heterocycles. The Balaban J connectivity index is 1.40. The van der Waals surface area contributed by atoms with Crippen molar-refractivity contribution in [3.8, 4) is 0 Å². The molecule has 1 N–H and O–H groups in total. The molecule has 6 rings (SSSR count). The minimum Gasteiger partial charge on any atom is -0.460 e. The number of carbonyl (C=O) groups excluding carboxylic acids is 1. The van der Waals surface area contributed by atoms with Gasteiger partial charge in [-0.05, 0) is 125 Å². The molecule has 0 saturated heterocycles. The Morgan fingerprint density at radius 3 is 2.29 bits per heavy atom. The zero-order valence-electron chi connectivity index (χ0n) is 26.6. The van der Waals surface area contributed by atoms with Gasteiger partial charge in [0, 0.05) is 0 Å². The summed E-state index contributed by atoms with van der Waals surface area (Å²) in [5.41, 5.74) is 2.77. The van der Waals surface area contributed by atoms with Crippen LogP contribution in [0.5, 0.6) is 0 Å². The largest absolute Gasteiger partial charge is 0.460 e. The molecule has 1 aromatic carbocycles. The van der Waals surface area contributed by atoms with Crippen LogP contribution < -0.4 is 0 Å². The Hall–Kier alpha value is -1.13. The van der Waals surface area contributed by atoms with E-state index >= 15 is 0 Å². The summed E-state index contributed by atoms with van der Waals surface area (Å²) in [6.07, 6.45) is 10.3. The van der Waals surface area contributed by atoms with Gasteiger partial charge in [0.2, 0.25) is 0 Å². The summed E-state index contributed by atoms with van der Waals surface area (Å²) in [6, 6.07) is 10.1. The number of esters is 1. The minimum absolute atomic E-state index is 0.0302. The highest BCUT2D eigenvalue weighted by Crippen LogP contribution is 2.77. The third-order valence-corrected chi connectivity index (χ3v) is 15.0. The number of aliphatic hydroxyl groups excluding tert-OH is 1. The van der Waals surface area contributed by atoms with E-state index in [9.17, 15) is 9.90 Å². The maximum Gasteiger partial charge on any atom is 0.313 e. The molecular formula is C37H53BrO3. The van der Waals surface area contributed by atoms with Crippen molar-refractivity contribution < 1.29 is 14.6 Å². The monoisotopic (exact) mass is 624 g/mol. The predicted molar refractivity (Wildman–Crippen MR) is 169 cm³/mol. The number of halogens is 1. The molecule has 5 aliphatic carbocycles. The number of hydrogen-bond donors (Lipinski definition) is 1. The summed E-state index contributed by atoms with van der Waals surface area (Å²) in [4.78, 5) is 14.2. The van der Waals surface area contributed by atoms with Gasteiger partial charge in [-0.15, -0.1) is 0 Å². The molecule has 8 atom stereocenters. The fourth-order valence-corrected chi connectivity index (χ4v) is 12.5. The lowest BCUT2D eigenvalue weighted by Crippen LogP contribution is -2.65. The van der Waals surface area contributed by atoms with Crippen molar-refractivity contribution in [2.75, 3.05) is 0 Å². The lowest BCUT2D eigenvalue weighted by atomic mass is 9.33. The van der Waals surface area contributed by atoms with Gasteiger partial charge in [0.15, 0.2) is 0 Å². The van der Waals surface area contributed by atoms with Crippen molar-refractivity contribution >= 4 is 21.9 Å². The molecule has 4 heteroatoms. The molecule has 3 unspecified atom stereocenters. The number of rotatable bonds is 3. The van der Waals surface area contributed by atoms with Crippen LogP contribution in [0.1, 0.15) is 118 Å². The minimum atomic E-state index is -0.431. The molecule has 0 bridgehead atoms. The summed E-state index contributed by atoms with van der Waals surface area (Å²) in [5.74, 6) is 1.35. The van der Waals surface area contributed by atoms with Gasteiger partial charge < -0.3 is 9.84 Å². The maximum absolute atomic E-state index is 14.2. The summed E-state index contributed by atoms with van der Waals surface area (Å²) >= 11 is 4.26. The Labute approximate surface area is 257 Å². The van der Waals surface area contributed by atoms with Crippen LogP contribution in [0, 0.1) is 50.2 Å². The van der Waals surface area contributed by atoms with Gasteiger partial charge in [-0.2, -0.15) is 0 Å². The van der Waals surface area contributed by atoms with Crippen LogP contribution >= 0.6 is 15.9 Å². The summed E-state index contributed by atoms with van der Waals surface area (Å²) in [6.45, 7) is 17.6. The van der Waals surface area contributed by atoms with Gasteiger partial charge in [0.05, 0.1) is 11.5 Å². The Morgan fingerprint density at radius 2 is 1.59 bits per heavy atom. The number of hydrogen-bond acceptors (Lipinski definition) is 3. The Bertz CT molecular complexity index is 1230. The third kappa shape index (κ3) is 4.22. The van der Waals surface area contributed by atoms with E-state index in [1.54, 1.807) is 5.57 Å². The Kier molecular flexibility index (Phi) is 7.07. The first-order valence-corrected chi connectivity index (χ1v) is 17.2. The smallest absolute Gasteiger partial charge is 0.313 e. The van der Waals surface area contributed by atoms with E-state index in [0.29, 0.717) is 18.4 Å². The van der Waals surface area contributed by atoms with Gasteiger partial charge in [-0.3, -0.25) is 4.79 Å². The third-order valence-electron chi connectivity index (χ3n) is 14.3. The van der Waals surface area contributed by atoms with E-state index < -0.39 is 5.41 Å². The van der Waals surface area contributed by atoms with E-state index in [4.69, 9.17) is 4.74 Å². The predicted octanol–water partition coefficient (Wildman–Crippen LogP) is 9.61. The highest BCUT2D eigenvalue weighted by molar-refractivity contribution is 9.11. The van der Waals surface area contributed by atoms with Crippen molar-refractivity contribution in [1.82, 2.24) is 0 Å². The quantitative estimate of drug-likeness (QED) is 0.340. The first-order chi connectivity index (χ1) is 19.1. The van der Waals surface area contributed by atoms with E-state index in [1.807, 2.05) is 30.3 Å². The first kappa shape index (κ1) is 29.9. The van der Waals surface area contributed by atoms with Crippen LogP contribution in [0.15, 0.2) is 40.4 Å². The molecule has 0 spiro atoms. The average Bonchev–Trinajstić information content (AvgIpc) is 2.91. The molecule has 5 aliphatic rings. The van der Waals surface area contributed by atoms with Crippen LogP contribution in [-0.4, -0.2) is 17.2 Å². The Morgan fingerprint density at radius 1 is 0.902 bits per heavy atom. The van der Waals surface area contributed by atoms with Gasteiger partial charge in [0.25, 0.3) is 0 Å². The van der Waals surface area contributed by atoms with Gasteiger partial charge in [-0.25, -0.2) is 0 Å². The SMILES string of the molecule is CC1(C)CC[C@]2(C(=O)OCc3ccccc3)CC[C@]3(C)C(=C(Br)CC4[C@@]5(C)CC[C@H](O)C(C)(C)C5CC[C@]43C)C2C1. The van der Waals surface area contributed by atoms with Crippen molar-refractivity contribution in [3.05, 3.63) is 46.0 Å². The molecule has 4 fully saturated rings. The molecule has 0 aliphatic heterocycles. The summed E-state index contributed by atoms with van der Waals surface area (Å²) in [7, 11) is 0. The lowest BCUT2D eigenvalue weighted by Gasteiger charge is -2.71. The number of allylic oxidation sites excluding steroid dienone is 2. The van der Waals surface area contributed by atoms with Crippen LogP contribution in [-0.2, 0) is 16.1 Å². The number of benzene rings is 1.